The zero-order chi connectivity index (χ0) is 42.7. The third kappa shape index (κ3) is 12.8. The van der Waals surface area contributed by atoms with Crippen LogP contribution in [0, 0.1) is 11.8 Å². The summed E-state index contributed by atoms with van der Waals surface area (Å²) in [7, 11) is 0. The van der Waals surface area contributed by atoms with Gasteiger partial charge in [0.05, 0.1) is 18.6 Å². The molecule has 3 aliphatic heterocycles. The van der Waals surface area contributed by atoms with Crippen LogP contribution < -0.4 is 15.4 Å². The van der Waals surface area contributed by atoms with E-state index in [2.05, 4.69) is 10.6 Å². The highest BCUT2D eigenvalue weighted by atomic mass is 16.8. The smallest absolute Gasteiger partial charge is 0.308 e. The van der Waals surface area contributed by atoms with Crippen LogP contribution in [0.4, 0.5) is 0 Å². The Labute approximate surface area is 339 Å². The molecule has 0 spiro atoms. The lowest BCUT2D eigenvalue weighted by Crippen LogP contribution is -2.64. The highest BCUT2D eigenvalue weighted by molar-refractivity contribution is 5.78. The molecular formula is C40H63N3O15. The molecule has 58 heavy (non-hydrogen) atoms. The van der Waals surface area contributed by atoms with Crippen molar-refractivity contribution in [3.8, 4) is 5.75 Å². The molecule has 1 aromatic rings. The van der Waals surface area contributed by atoms with Gasteiger partial charge in [-0.05, 0) is 56.8 Å². The Morgan fingerprint density at radius 3 is 2.24 bits per heavy atom. The van der Waals surface area contributed by atoms with Crippen molar-refractivity contribution in [2.45, 2.75) is 147 Å². The van der Waals surface area contributed by atoms with Gasteiger partial charge in [-0.15, -0.1) is 0 Å². The summed E-state index contributed by atoms with van der Waals surface area (Å²) in [6.45, 7) is 11.0. The highest BCUT2D eigenvalue weighted by Crippen LogP contribution is 2.31. The van der Waals surface area contributed by atoms with Crippen LogP contribution in [-0.4, -0.2) is 154 Å². The van der Waals surface area contributed by atoms with Crippen molar-refractivity contribution < 1.29 is 73.1 Å². The molecular weight excluding hydrogens is 762 g/mol. The lowest BCUT2D eigenvalue weighted by atomic mass is 9.97. The quantitative estimate of drug-likeness (QED) is 0.138. The number of carbonyl (C=O) groups excluding carboxylic acids is 4. The first-order chi connectivity index (χ1) is 27.5. The summed E-state index contributed by atoms with van der Waals surface area (Å²) >= 11 is 0. The molecule has 328 valence electrons. The number of nitrogens with zero attached hydrogens (tertiary/aromatic N) is 1. The van der Waals surface area contributed by atoms with Crippen LogP contribution in [0.15, 0.2) is 24.3 Å². The number of aliphatic hydroxyl groups is 5. The number of benzene rings is 1. The largest absolute Gasteiger partial charge is 0.463 e. The Bertz CT molecular complexity index is 1490. The van der Waals surface area contributed by atoms with E-state index in [0.29, 0.717) is 45.3 Å². The monoisotopic (exact) mass is 825 g/mol. The minimum absolute atomic E-state index is 0.0328. The van der Waals surface area contributed by atoms with Crippen LogP contribution in [0.1, 0.15) is 85.3 Å². The molecule has 0 aromatic heterocycles. The maximum atomic E-state index is 13.2. The van der Waals surface area contributed by atoms with Crippen LogP contribution in [0.2, 0.25) is 0 Å². The molecule has 3 heterocycles. The number of rotatable bonds is 12. The summed E-state index contributed by atoms with van der Waals surface area (Å²) in [5.41, 5.74) is 0.725. The van der Waals surface area contributed by atoms with E-state index in [1.165, 1.54) is 13.8 Å². The molecule has 3 aliphatic rings. The number of hydrogen-bond acceptors (Lipinski definition) is 16. The van der Waals surface area contributed by atoms with E-state index in [9.17, 15) is 44.7 Å². The summed E-state index contributed by atoms with van der Waals surface area (Å²) in [6.07, 6.45) is -13.4. The van der Waals surface area contributed by atoms with E-state index in [4.69, 9.17) is 28.4 Å². The van der Waals surface area contributed by atoms with Gasteiger partial charge in [0.25, 0.3) is 0 Å². The Hall–Kier alpha value is -3.46. The van der Waals surface area contributed by atoms with E-state index in [-0.39, 0.29) is 36.4 Å². The van der Waals surface area contributed by atoms with Gasteiger partial charge in [-0.2, -0.15) is 0 Å². The first kappa shape index (κ1) is 47.2. The summed E-state index contributed by atoms with van der Waals surface area (Å²) in [6, 6.07) is 6.24. The van der Waals surface area contributed by atoms with Crippen molar-refractivity contribution in [2.24, 2.45) is 11.8 Å². The fraction of sp³-hybridized carbons (Fsp3) is 0.750. The van der Waals surface area contributed by atoms with E-state index < -0.39 is 98.0 Å². The van der Waals surface area contributed by atoms with Gasteiger partial charge in [-0.1, -0.05) is 39.8 Å². The highest BCUT2D eigenvalue weighted by Gasteiger charge is 2.51. The summed E-state index contributed by atoms with van der Waals surface area (Å²) < 4.78 is 34.5. The minimum Gasteiger partial charge on any atom is -0.463 e. The summed E-state index contributed by atoms with van der Waals surface area (Å²) in [5, 5.41) is 60.1. The van der Waals surface area contributed by atoms with Gasteiger partial charge >= 0.3 is 11.9 Å². The number of amides is 2. The molecule has 1 aromatic carbocycles. The van der Waals surface area contributed by atoms with E-state index >= 15 is 0 Å². The first-order valence-electron chi connectivity index (χ1n) is 20.3. The van der Waals surface area contributed by atoms with E-state index in [0.717, 1.165) is 5.56 Å². The number of nitrogens with one attached hydrogen (secondary N) is 2. The van der Waals surface area contributed by atoms with E-state index in [1.54, 1.807) is 43.0 Å². The van der Waals surface area contributed by atoms with Crippen LogP contribution in [0.3, 0.4) is 0 Å². The van der Waals surface area contributed by atoms with Crippen molar-refractivity contribution in [3.63, 3.8) is 0 Å². The summed E-state index contributed by atoms with van der Waals surface area (Å²) in [5.74, 6) is -1.60. The van der Waals surface area contributed by atoms with Crippen molar-refractivity contribution in [1.29, 1.82) is 0 Å². The van der Waals surface area contributed by atoms with Crippen LogP contribution in [-0.2, 0) is 42.9 Å². The van der Waals surface area contributed by atoms with Gasteiger partial charge in [0.1, 0.15) is 55.1 Å². The molecule has 18 heteroatoms. The van der Waals surface area contributed by atoms with Gasteiger partial charge in [-0.25, -0.2) is 0 Å². The molecule has 7 N–H and O–H groups in total. The average Bonchev–Trinajstić information content (AvgIpc) is 3.21. The predicted octanol–water partition coefficient (Wildman–Crippen LogP) is 0.0513. The van der Waals surface area contributed by atoms with Crippen molar-refractivity contribution >= 4 is 23.8 Å². The van der Waals surface area contributed by atoms with Crippen molar-refractivity contribution in [2.75, 3.05) is 32.8 Å². The molecule has 0 aliphatic carbocycles. The normalized spacial score (nSPS) is 33.9. The van der Waals surface area contributed by atoms with Crippen molar-refractivity contribution in [1.82, 2.24) is 15.5 Å². The second-order valence-corrected chi connectivity index (χ2v) is 15.5. The Balaban J connectivity index is 1.47. The molecule has 0 bridgehead atoms. The predicted molar refractivity (Wildman–Crippen MR) is 205 cm³/mol. The van der Waals surface area contributed by atoms with Crippen LogP contribution in [0.5, 0.6) is 5.75 Å². The zero-order valence-electron chi connectivity index (χ0n) is 34.2. The van der Waals surface area contributed by atoms with Gasteiger partial charge in [0.2, 0.25) is 18.1 Å². The standard InChI is InChI=1S/C40H63N3O15/c1-7-21(3)37(51)43-17-9-15-42-30(45)18-28(41-16-14-27(19-43)55-24(6)44)25-10-12-26(13-11-25)56-40-36(34(49)31(46)23(5)54-40)58-39-35(50)33(48)32(47)29(57-39)20-53-38(52)22(4)8-2/h10-13,21-23,27-29,31-36,39-41,46-50H,7-9,14-20H2,1-6H3,(H,42,45)/t21?,22?,23-,27?,28?,29+,31-,32+,33-,34+,35+,36+,39-,40-/m0/s1. The Morgan fingerprint density at radius 1 is 0.897 bits per heavy atom. The zero-order valence-corrected chi connectivity index (χ0v) is 34.2. The maximum Gasteiger partial charge on any atom is 0.308 e. The number of esters is 2. The molecule has 0 saturated carbocycles. The Morgan fingerprint density at radius 2 is 1.59 bits per heavy atom. The minimum atomic E-state index is -1.81. The lowest BCUT2D eigenvalue weighted by molar-refractivity contribution is -0.355. The molecule has 18 nitrogen and oxygen atoms in total. The molecule has 3 fully saturated rings. The van der Waals surface area contributed by atoms with Crippen molar-refractivity contribution in [3.05, 3.63) is 29.8 Å². The SMILES string of the molecule is CCC(C)C(=O)OC[C@H]1O[C@@H](O[C@H]2[C@H](Oc3ccc(C4CC(=O)NCCCN(C(=O)C(C)CC)CC(OC(C)=O)CCN4)cc3)O[C@@H](C)[C@H](O)[C@H]2O)[C@H](O)[C@@H](O)[C@@H]1O. The topological polar surface area (TPSA) is 252 Å². The fourth-order valence-corrected chi connectivity index (χ4v) is 6.88. The maximum absolute atomic E-state index is 13.2. The lowest BCUT2D eigenvalue weighted by Gasteiger charge is -2.45. The number of carbonyl (C=O) groups is 4. The number of aliphatic hydroxyl groups excluding tert-OH is 5. The number of ether oxygens (including phenoxy) is 6. The van der Waals surface area contributed by atoms with Gasteiger partial charge < -0.3 is 69.5 Å². The Kier molecular flexibility index (Phi) is 18.1. The van der Waals surface area contributed by atoms with E-state index in [1.807, 2.05) is 13.8 Å². The molecule has 4 rings (SSSR count). The third-order valence-corrected chi connectivity index (χ3v) is 11.0. The van der Waals surface area contributed by atoms with Gasteiger partial charge in [0.15, 0.2) is 12.4 Å². The molecule has 3 saturated heterocycles. The first-order valence-corrected chi connectivity index (χ1v) is 20.3. The average molecular weight is 826 g/mol. The fourth-order valence-electron chi connectivity index (χ4n) is 6.88. The number of hydrogen-bond donors (Lipinski definition) is 7. The molecule has 0 radical (unpaired) electrons. The van der Waals surface area contributed by atoms with Gasteiger partial charge in [-0.3, -0.25) is 19.2 Å². The van der Waals surface area contributed by atoms with Crippen LogP contribution >= 0.6 is 0 Å². The summed E-state index contributed by atoms with van der Waals surface area (Å²) in [4.78, 5) is 52.2. The molecule has 4 unspecified atom stereocenters. The molecule has 14 atom stereocenters. The molecule has 2 amide bonds. The second-order valence-electron chi connectivity index (χ2n) is 15.5. The van der Waals surface area contributed by atoms with Gasteiger partial charge in [0, 0.05) is 38.4 Å². The second kappa shape index (κ2) is 22.2. The third-order valence-electron chi connectivity index (χ3n) is 11.0. The van der Waals surface area contributed by atoms with Crippen LogP contribution in [0.25, 0.3) is 0 Å².